The van der Waals surface area contributed by atoms with Crippen molar-refractivity contribution in [2.45, 2.75) is 13.3 Å². The van der Waals surface area contributed by atoms with Gasteiger partial charge in [0.25, 0.3) is 0 Å². The molecule has 1 aromatic carbocycles. The summed E-state index contributed by atoms with van der Waals surface area (Å²) >= 11 is 5.86. The van der Waals surface area contributed by atoms with Crippen LogP contribution < -0.4 is 10.2 Å². The molecule has 6 heteroatoms. The van der Waals surface area contributed by atoms with Crippen LogP contribution in [0, 0.1) is 0 Å². The molecule has 1 aromatic rings. The molecule has 0 aliphatic rings. The predicted octanol–water partition coefficient (Wildman–Crippen LogP) is 0.825. The van der Waals surface area contributed by atoms with E-state index in [1.807, 2.05) is 6.92 Å². The SMILES string of the molecule is CCOCCCOc1ccc(B(O)O)c(Cl)c1. The topological polar surface area (TPSA) is 58.9 Å². The van der Waals surface area contributed by atoms with Gasteiger partial charge in [-0.1, -0.05) is 17.7 Å². The third kappa shape index (κ3) is 4.96. The van der Waals surface area contributed by atoms with Gasteiger partial charge in [0.2, 0.25) is 0 Å². The van der Waals surface area contributed by atoms with Crippen molar-refractivity contribution in [2.75, 3.05) is 19.8 Å². The van der Waals surface area contributed by atoms with Crippen LogP contribution in [0.2, 0.25) is 5.02 Å². The smallest absolute Gasteiger partial charge is 0.489 e. The molecule has 94 valence electrons. The summed E-state index contributed by atoms with van der Waals surface area (Å²) in [4.78, 5) is 0. The van der Waals surface area contributed by atoms with Crippen LogP contribution in [-0.4, -0.2) is 37.0 Å². The third-order valence-electron chi connectivity index (χ3n) is 2.16. The minimum atomic E-state index is -1.56. The molecule has 0 spiro atoms. The average Bonchev–Trinajstić information content (AvgIpc) is 2.28. The van der Waals surface area contributed by atoms with E-state index in [1.54, 1.807) is 12.1 Å². The quantitative estimate of drug-likeness (QED) is 0.562. The van der Waals surface area contributed by atoms with Gasteiger partial charge in [0.1, 0.15) is 5.75 Å². The summed E-state index contributed by atoms with van der Waals surface area (Å²) in [6, 6.07) is 4.75. The zero-order valence-corrected chi connectivity index (χ0v) is 10.5. The Hall–Kier alpha value is -0.745. The number of benzene rings is 1. The second-order valence-electron chi connectivity index (χ2n) is 3.46. The number of rotatable bonds is 7. The van der Waals surface area contributed by atoms with Crippen molar-refractivity contribution in [3.63, 3.8) is 0 Å². The van der Waals surface area contributed by atoms with Crippen molar-refractivity contribution in [3.8, 4) is 5.75 Å². The summed E-state index contributed by atoms with van der Waals surface area (Å²) in [6.45, 7) is 3.85. The molecule has 0 atom stereocenters. The number of ether oxygens (including phenoxy) is 2. The normalized spacial score (nSPS) is 10.4. The van der Waals surface area contributed by atoms with Crippen LogP contribution in [-0.2, 0) is 4.74 Å². The van der Waals surface area contributed by atoms with Crippen molar-refractivity contribution in [3.05, 3.63) is 23.2 Å². The molecule has 0 saturated heterocycles. The fraction of sp³-hybridized carbons (Fsp3) is 0.455. The Morgan fingerprint density at radius 2 is 2.06 bits per heavy atom. The minimum absolute atomic E-state index is 0.272. The lowest BCUT2D eigenvalue weighted by Gasteiger charge is -2.08. The standard InChI is InChI=1S/C11H16BClO4/c1-2-16-6-3-7-17-9-4-5-10(12(14)15)11(13)8-9/h4-5,8,14-15H,2-3,6-7H2,1H3. The van der Waals surface area contributed by atoms with Crippen LogP contribution in [0.3, 0.4) is 0 Å². The summed E-state index contributed by atoms with van der Waals surface area (Å²) < 4.78 is 10.6. The third-order valence-corrected chi connectivity index (χ3v) is 2.48. The van der Waals surface area contributed by atoms with Gasteiger partial charge in [0, 0.05) is 30.1 Å². The molecule has 2 N–H and O–H groups in total. The Morgan fingerprint density at radius 3 is 2.65 bits per heavy atom. The van der Waals surface area contributed by atoms with Gasteiger partial charge in [-0.15, -0.1) is 0 Å². The van der Waals surface area contributed by atoms with Gasteiger partial charge in [-0.25, -0.2) is 0 Å². The molecule has 0 aromatic heterocycles. The van der Waals surface area contributed by atoms with Crippen molar-refractivity contribution < 1.29 is 19.5 Å². The van der Waals surface area contributed by atoms with Gasteiger partial charge in [-0.05, 0) is 19.1 Å². The number of halogens is 1. The molecule has 0 bridgehead atoms. The Kier molecular flexibility index (Phi) is 6.36. The van der Waals surface area contributed by atoms with Crippen LogP contribution in [0.25, 0.3) is 0 Å². The van der Waals surface area contributed by atoms with Crippen molar-refractivity contribution in [1.29, 1.82) is 0 Å². The molecule has 0 aliphatic heterocycles. The Balaban J connectivity index is 2.42. The zero-order chi connectivity index (χ0) is 12.7. The lowest BCUT2D eigenvalue weighted by molar-refractivity contribution is 0.131. The molecule has 4 nitrogen and oxygen atoms in total. The lowest BCUT2D eigenvalue weighted by Crippen LogP contribution is -2.30. The lowest BCUT2D eigenvalue weighted by atomic mass is 9.80. The van der Waals surface area contributed by atoms with Gasteiger partial charge in [0.15, 0.2) is 0 Å². The minimum Gasteiger partial charge on any atom is -0.493 e. The second-order valence-corrected chi connectivity index (χ2v) is 3.86. The van der Waals surface area contributed by atoms with Gasteiger partial charge in [0.05, 0.1) is 6.61 Å². The molecule has 0 saturated carbocycles. The van der Waals surface area contributed by atoms with E-state index in [9.17, 15) is 0 Å². The van der Waals surface area contributed by atoms with Crippen LogP contribution in [0.4, 0.5) is 0 Å². The fourth-order valence-corrected chi connectivity index (χ4v) is 1.57. The summed E-state index contributed by atoms with van der Waals surface area (Å²) in [5.74, 6) is 0.607. The van der Waals surface area contributed by atoms with Crippen molar-refractivity contribution >= 4 is 24.2 Å². The molecule has 0 heterocycles. The highest BCUT2D eigenvalue weighted by Gasteiger charge is 2.15. The zero-order valence-electron chi connectivity index (χ0n) is 9.73. The highest BCUT2D eigenvalue weighted by atomic mass is 35.5. The second kappa shape index (κ2) is 7.56. The van der Waals surface area contributed by atoms with Crippen LogP contribution in [0.5, 0.6) is 5.75 Å². The van der Waals surface area contributed by atoms with Gasteiger partial charge >= 0.3 is 7.12 Å². The van der Waals surface area contributed by atoms with E-state index < -0.39 is 7.12 Å². The molecular weight excluding hydrogens is 242 g/mol. The van der Waals surface area contributed by atoms with E-state index in [0.29, 0.717) is 25.6 Å². The first-order valence-corrected chi connectivity index (χ1v) is 5.89. The monoisotopic (exact) mass is 258 g/mol. The van der Waals surface area contributed by atoms with E-state index >= 15 is 0 Å². The van der Waals surface area contributed by atoms with E-state index in [-0.39, 0.29) is 10.5 Å². The number of hydrogen-bond acceptors (Lipinski definition) is 4. The summed E-state index contributed by atoms with van der Waals surface area (Å²) in [7, 11) is -1.56. The molecule has 17 heavy (non-hydrogen) atoms. The number of hydrogen-bond donors (Lipinski definition) is 2. The summed E-state index contributed by atoms with van der Waals surface area (Å²) in [5, 5.41) is 18.2. The summed E-state index contributed by atoms with van der Waals surface area (Å²) in [6.07, 6.45) is 0.801. The highest BCUT2D eigenvalue weighted by Crippen LogP contribution is 2.16. The Labute approximate surface area is 106 Å². The molecule has 1 rings (SSSR count). The Morgan fingerprint density at radius 1 is 1.29 bits per heavy atom. The van der Waals surface area contributed by atoms with E-state index in [4.69, 9.17) is 31.1 Å². The maximum absolute atomic E-state index is 8.98. The highest BCUT2D eigenvalue weighted by molar-refractivity contribution is 6.62. The van der Waals surface area contributed by atoms with Gasteiger partial charge in [-0.3, -0.25) is 0 Å². The van der Waals surface area contributed by atoms with Crippen molar-refractivity contribution in [1.82, 2.24) is 0 Å². The van der Waals surface area contributed by atoms with E-state index in [1.165, 1.54) is 6.07 Å². The molecule has 0 amide bonds. The first kappa shape index (κ1) is 14.3. The van der Waals surface area contributed by atoms with Crippen LogP contribution in [0.1, 0.15) is 13.3 Å². The maximum atomic E-state index is 8.98. The van der Waals surface area contributed by atoms with Crippen LogP contribution >= 0.6 is 11.6 Å². The van der Waals surface area contributed by atoms with E-state index in [0.717, 1.165) is 6.42 Å². The van der Waals surface area contributed by atoms with E-state index in [2.05, 4.69) is 0 Å². The fourth-order valence-electron chi connectivity index (χ4n) is 1.30. The predicted molar refractivity (Wildman–Crippen MR) is 67.9 cm³/mol. The molecule has 0 fully saturated rings. The first-order chi connectivity index (χ1) is 8.15. The van der Waals surface area contributed by atoms with Gasteiger partial charge in [-0.2, -0.15) is 0 Å². The Bertz CT molecular complexity index is 346. The summed E-state index contributed by atoms with van der Waals surface area (Å²) in [5.41, 5.74) is 0.272. The first-order valence-electron chi connectivity index (χ1n) is 5.51. The van der Waals surface area contributed by atoms with Crippen LogP contribution in [0.15, 0.2) is 18.2 Å². The molecule has 0 aliphatic carbocycles. The maximum Gasteiger partial charge on any atom is 0.489 e. The average molecular weight is 259 g/mol. The molecular formula is C11H16BClO4. The molecule has 0 unspecified atom stereocenters. The van der Waals surface area contributed by atoms with Gasteiger partial charge < -0.3 is 19.5 Å². The van der Waals surface area contributed by atoms with Crippen molar-refractivity contribution in [2.24, 2.45) is 0 Å². The largest absolute Gasteiger partial charge is 0.493 e. The molecule has 0 radical (unpaired) electrons.